The molecule has 0 saturated heterocycles. The van der Waals surface area contributed by atoms with E-state index in [4.69, 9.17) is 5.73 Å². The van der Waals surface area contributed by atoms with E-state index in [9.17, 15) is 8.42 Å². The molecule has 2 aromatic rings. The Morgan fingerprint density at radius 3 is 1.89 bits per heavy atom. The van der Waals surface area contributed by atoms with Crippen LogP contribution in [0.1, 0.15) is 0 Å². The molecule has 0 aromatic heterocycles. The molecule has 0 heterocycles. The van der Waals surface area contributed by atoms with Crippen LogP contribution in [-0.2, 0) is 9.84 Å². The van der Waals surface area contributed by atoms with Crippen LogP contribution in [0, 0.1) is 0 Å². The molecule has 94 valence electrons. The minimum atomic E-state index is -3.52. The van der Waals surface area contributed by atoms with E-state index in [-0.39, 0.29) is 9.79 Å². The summed E-state index contributed by atoms with van der Waals surface area (Å²) in [5.41, 5.74) is 6.22. The molecule has 0 atom stereocenters. The summed E-state index contributed by atoms with van der Waals surface area (Å²) in [6.07, 6.45) is 0. The summed E-state index contributed by atoms with van der Waals surface area (Å²) >= 11 is 6.48. The van der Waals surface area contributed by atoms with Gasteiger partial charge in [0.05, 0.1) is 15.5 Å². The average Bonchev–Trinajstić information content (AvgIpc) is 2.36. The summed E-state index contributed by atoms with van der Waals surface area (Å²) in [5.74, 6) is 0. The van der Waals surface area contributed by atoms with Gasteiger partial charge in [0.15, 0.2) is 0 Å². The molecular weight excluding hydrogens is 382 g/mol. The third-order valence-corrected chi connectivity index (χ3v) is 5.48. The third-order valence-electron chi connectivity index (χ3n) is 2.42. The van der Waals surface area contributed by atoms with Gasteiger partial charge in [-0.05, 0) is 56.1 Å². The topological polar surface area (TPSA) is 60.2 Å². The van der Waals surface area contributed by atoms with Gasteiger partial charge in [-0.25, -0.2) is 8.42 Å². The number of hydrogen-bond donors (Lipinski definition) is 1. The van der Waals surface area contributed by atoms with Crippen molar-refractivity contribution in [2.75, 3.05) is 5.73 Å². The maximum atomic E-state index is 12.4. The first-order valence-corrected chi connectivity index (χ1v) is 8.04. The normalized spacial score (nSPS) is 11.4. The predicted molar refractivity (Wildman–Crippen MR) is 78.1 cm³/mol. The first-order chi connectivity index (χ1) is 8.43. The predicted octanol–water partition coefficient (Wildman–Crippen LogP) is 3.63. The van der Waals surface area contributed by atoms with Crippen molar-refractivity contribution < 1.29 is 8.42 Å². The molecule has 0 aliphatic carbocycles. The van der Waals surface area contributed by atoms with Crippen molar-refractivity contribution in [3.8, 4) is 0 Å². The van der Waals surface area contributed by atoms with E-state index in [1.807, 2.05) is 0 Å². The second-order valence-electron chi connectivity index (χ2n) is 3.62. The highest BCUT2D eigenvalue weighted by molar-refractivity contribution is 9.11. The average molecular weight is 391 g/mol. The molecule has 3 nitrogen and oxygen atoms in total. The van der Waals surface area contributed by atoms with Crippen LogP contribution in [0.4, 0.5) is 5.69 Å². The molecule has 0 unspecified atom stereocenters. The molecule has 6 heteroatoms. The highest BCUT2D eigenvalue weighted by atomic mass is 79.9. The van der Waals surface area contributed by atoms with E-state index < -0.39 is 9.84 Å². The Labute approximate surface area is 122 Å². The lowest BCUT2D eigenvalue weighted by Gasteiger charge is -2.08. The highest BCUT2D eigenvalue weighted by Crippen LogP contribution is 2.33. The van der Waals surface area contributed by atoms with Crippen molar-refractivity contribution in [3.05, 3.63) is 51.4 Å². The number of nitrogens with two attached hydrogens (primary N) is 1. The van der Waals surface area contributed by atoms with Gasteiger partial charge in [0.1, 0.15) is 0 Å². The van der Waals surface area contributed by atoms with E-state index >= 15 is 0 Å². The monoisotopic (exact) mass is 389 g/mol. The van der Waals surface area contributed by atoms with E-state index in [0.717, 1.165) is 0 Å². The standard InChI is InChI=1S/C12H9Br2NO2S/c13-10-6-9(7-11(14)12(10)15)18(16,17)8-4-2-1-3-5-8/h1-7H,15H2. The minimum absolute atomic E-state index is 0.196. The zero-order valence-electron chi connectivity index (χ0n) is 9.10. The van der Waals surface area contributed by atoms with Crippen molar-refractivity contribution in [2.45, 2.75) is 9.79 Å². The van der Waals surface area contributed by atoms with Crippen LogP contribution in [0.15, 0.2) is 61.2 Å². The number of benzene rings is 2. The van der Waals surface area contributed by atoms with Crippen LogP contribution in [-0.4, -0.2) is 8.42 Å². The van der Waals surface area contributed by atoms with Crippen LogP contribution in [0.25, 0.3) is 0 Å². The summed E-state index contributed by atoms with van der Waals surface area (Å²) in [7, 11) is -3.52. The molecule has 2 rings (SSSR count). The Balaban J connectivity index is 2.63. The van der Waals surface area contributed by atoms with Crippen LogP contribution in [0.2, 0.25) is 0 Å². The Morgan fingerprint density at radius 2 is 1.39 bits per heavy atom. The third kappa shape index (κ3) is 2.46. The van der Waals surface area contributed by atoms with Crippen LogP contribution < -0.4 is 5.73 Å². The second-order valence-corrected chi connectivity index (χ2v) is 7.28. The van der Waals surface area contributed by atoms with Crippen LogP contribution in [0.3, 0.4) is 0 Å². The van der Waals surface area contributed by atoms with E-state index in [1.165, 1.54) is 12.1 Å². The molecule has 0 spiro atoms. The minimum Gasteiger partial charge on any atom is -0.397 e. The first-order valence-electron chi connectivity index (χ1n) is 4.97. The lowest BCUT2D eigenvalue weighted by atomic mass is 10.3. The number of sulfone groups is 1. The number of anilines is 1. The summed E-state index contributed by atoms with van der Waals surface area (Å²) in [5, 5.41) is 0. The number of rotatable bonds is 2. The highest BCUT2D eigenvalue weighted by Gasteiger charge is 2.19. The van der Waals surface area contributed by atoms with E-state index in [1.54, 1.807) is 30.3 Å². The molecular formula is C12H9Br2NO2S. The van der Waals surface area contributed by atoms with E-state index in [2.05, 4.69) is 31.9 Å². The summed E-state index contributed by atoms with van der Waals surface area (Å²) in [6.45, 7) is 0. The molecule has 0 amide bonds. The summed E-state index contributed by atoms with van der Waals surface area (Å²) in [4.78, 5) is 0.454. The largest absolute Gasteiger partial charge is 0.397 e. The molecule has 2 aromatic carbocycles. The van der Waals surface area contributed by atoms with E-state index in [0.29, 0.717) is 14.6 Å². The summed E-state index contributed by atoms with van der Waals surface area (Å²) in [6, 6.07) is 11.3. The zero-order chi connectivity index (χ0) is 13.3. The van der Waals surface area contributed by atoms with Gasteiger partial charge in [0, 0.05) is 8.95 Å². The molecule has 0 radical (unpaired) electrons. The molecule has 0 bridgehead atoms. The fraction of sp³-hybridized carbons (Fsp3) is 0. The van der Waals surface area contributed by atoms with Gasteiger partial charge in [-0.1, -0.05) is 18.2 Å². The Hall–Kier alpha value is -0.850. The Kier molecular flexibility index (Phi) is 3.79. The van der Waals surface area contributed by atoms with Gasteiger partial charge in [0.2, 0.25) is 9.84 Å². The number of halogens is 2. The van der Waals surface area contributed by atoms with Gasteiger partial charge >= 0.3 is 0 Å². The lowest BCUT2D eigenvalue weighted by molar-refractivity contribution is 0.596. The number of hydrogen-bond acceptors (Lipinski definition) is 3. The molecule has 0 aliphatic heterocycles. The molecule has 0 fully saturated rings. The van der Waals surface area contributed by atoms with Gasteiger partial charge in [-0.2, -0.15) is 0 Å². The molecule has 18 heavy (non-hydrogen) atoms. The van der Waals surface area contributed by atoms with Gasteiger partial charge in [-0.3, -0.25) is 0 Å². The SMILES string of the molecule is Nc1c(Br)cc(S(=O)(=O)c2ccccc2)cc1Br. The fourth-order valence-electron chi connectivity index (χ4n) is 1.45. The van der Waals surface area contributed by atoms with Crippen LogP contribution in [0.5, 0.6) is 0 Å². The Bertz CT molecular complexity index is 661. The van der Waals surface area contributed by atoms with Crippen molar-refractivity contribution in [2.24, 2.45) is 0 Å². The molecule has 0 saturated carbocycles. The first kappa shape index (κ1) is 13.6. The van der Waals surface area contributed by atoms with Gasteiger partial charge in [0.25, 0.3) is 0 Å². The van der Waals surface area contributed by atoms with Gasteiger partial charge < -0.3 is 5.73 Å². The molecule has 0 aliphatic rings. The smallest absolute Gasteiger partial charge is 0.206 e. The van der Waals surface area contributed by atoms with Crippen molar-refractivity contribution in [1.29, 1.82) is 0 Å². The quantitative estimate of drug-likeness (QED) is 0.796. The maximum absolute atomic E-state index is 12.4. The number of nitrogen functional groups attached to an aromatic ring is 1. The fourth-order valence-corrected chi connectivity index (χ4v) is 4.28. The van der Waals surface area contributed by atoms with Crippen LogP contribution >= 0.6 is 31.9 Å². The van der Waals surface area contributed by atoms with Gasteiger partial charge in [-0.15, -0.1) is 0 Å². The maximum Gasteiger partial charge on any atom is 0.206 e. The molecule has 2 N–H and O–H groups in total. The second kappa shape index (κ2) is 5.03. The zero-order valence-corrected chi connectivity index (χ0v) is 13.1. The summed E-state index contributed by atoms with van der Waals surface area (Å²) < 4.78 is 25.8. The lowest BCUT2D eigenvalue weighted by Crippen LogP contribution is -2.03. The Morgan fingerprint density at radius 1 is 0.889 bits per heavy atom. The van der Waals surface area contributed by atoms with Crippen molar-refractivity contribution in [1.82, 2.24) is 0 Å². The van der Waals surface area contributed by atoms with Crippen molar-refractivity contribution >= 4 is 47.4 Å². The van der Waals surface area contributed by atoms with Crippen molar-refractivity contribution in [3.63, 3.8) is 0 Å².